The fraction of sp³-hybridized carbons (Fsp3) is 1.00. The van der Waals surface area contributed by atoms with Gasteiger partial charge in [0, 0.05) is 0 Å². The van der Waals surface area contributed by atoms with Crippen molar-refractivity contribution in [2.24, 2.45) is 0 Å². The highest BCUT2D eigenvalue weighted by molar-refractivity contribution is 6.88. The third-order valence-corrected chi connectivity index (χ3v) is 17.5. The zero-order chi connectivity index (χ0) is 14.1. The van der Waals surface area contributed by atoms with Gasteiger partial charge < -0.3 is 8.23 Å². The van der Waals surface area contributed by atoms with E-state index in [0.717, 1.165) is 0 Å². The van der Waals surface area contributed by atoms with Crippen molar-refractivity contribution in [1.82, 2.24) is 0 Å². The van der Waals surface area contributed by atoms with Crippen LogP contribution in [0.1, 0.15) is 27.7 Å². The lowest BCUT2D eigenvalue weighted by molar-refractivity contribution is 0.379. The van der Waals surface area contributed by atoms with Gasteiger partial charge in [0.15, 0.2) is 16.6 Å². The summed E-state index contributed by atoms with van der Waals surface area (Å²) in [7, 11) is -5.16. The molecule has 0 rings (SSSR count). The SMILES string of the molecule is CC(C)[Si](C)(C)O[Si](C)(C)O[Si](C)(C)C(C)C. The number of rotatable bonds is 6. The molecule has 0 aliphatic heterocycles. The summed E-state index contributed by atoms with van der Waals surface area (Å²) in [6.45, 7) is 22.7. The van der Waals surface area contributed by atoms with Crippen molar-refractivity contribution < 1.29 is 8.23 Å². The highest BCUT2D eigenvalue weighted by Gasteiger charge is 2.41. The monoisotopic (exact) mass is 292 g/mol. The van der Waals surface area contributed by atoms with Crippen LogP contribution in [0.4, 0.5) is 0 Å². The average Bonchev–Trinajstić information content (AvgIpc) is 1.98. The zero-order valence-electron chi connectivity index (χ0n) is 13.5. The minimum absolute atomic E-state index is 0.640. The average molecular weight is 293 g/mol. The molecule has 0 amide bonds. The highest BCUT2D eigenvalue weighted by atomic mass is 28.5. The lowest BCUT2D eigenvalue weighted by atomic mass is 10.6. The molecule has 0 unspecified atom stereocenters. The van der Waals surface area contributed by atoms with Crippen LogP contribution in [0.15, 0.2) is 0 Å². The Morgan fingerprint density at radius 2 is 0.824 bits per heavy atom. The van der Waals surface area contributed by atoms with Crippen LogP contribution >= 0.6 is 0 Å². The second kappa shape index (κ2) is 5.69. The summed E-state index contributed by atoms with van der Waals surface area (Å²) in [6, 6.07) is 0. The lowest BCUT2D eigenvalue weighted by Crippen LogP contribution is -2.54. The minimum atomic E-state index is -1.98. The Hall–Kier alpha value is 0.571. The number of hydrogen-bond acceptors (Lipinski definition) is 2. The van der Waals surface area contributed by atoms with Gasteiger partial charge in [0.1, 0.15) is 0 Å². The minimum Gasteiger partial charge on any atom is -0.436 e. The molecular weight excluding hydrogens is 260 g/mol. The van der Waals surface area contributed by atoms with Crippen molar-refractivity contribution in [3.8, 4) is 0 Å². The van der Waals surface area contributed by atoms with Gasteiger partial charge in [-0.05, 0) is 50.4 Å². The summed E-state index contributed by atoms with van der Waals surface area (Å²) in [5, 5.41) is 0. The third-order valence-electron chi connectivity index (χ3n) is 3.80. The van der Waals surface area contributed by atoms with E-state index in [4.69, 9.17) is 8.23 Å². The van der Waals surface area contributed by atoms with E-state index in [9.17, 15) is 0 Å². The highest BCUT2D eigenvalue weighted by Crippen LogP contribution is 2.30. The molecule has 0 spiro atoms. The Balaban J connectivity index is 4.71. The largest absolute Gasteiger partial charge is 0.436 e. The van der Waals surface area contributed by atoms with Crippen LogP contribution in [0.25, 0.3) is 0 Å². The van der Waals surface area contributed by atoms with Gasteiger partial charge in [0.25, 0.3) is 0 Å². The standard InChI is InChI=1S/C12H32O2Si3/c1-11(2)15(5,6)13-17(9,10)14-16(7,8)12(3)4/h11-12H,1-10H3. The molecule has 0 heterocycles. The Kier molecular flexibility index (Phi) is 5.88. The molecule has 0 aromatic heterocycles. The maximum absolute atomic E-state index is 6.46. The first kappa shape index (κ1) is 17.6. The van der Waals surface area contributed by atoms with Crippen LogP contribution in [0.3, 0.4) is 0 Å². The summed E-state index contributed by atoms with van der Waals surface area (Å²) in [6.07, 6.45) is 0. The number of hydrogen-bond donors (Lipinski definition) is 0. The second-order valence-corrected chi connectivity index (χ2v) is 20.3. The van der Waals surface area contributed by atoms with Gasteiger partial charge in [-0.15, -0.1) is 0 Å². The van der Waals surface area contributed by atoms with E-state index in [0.29, 0.717) is 11.1 Å². The van der Waals surface area contributed by atoms with Crippen LogP contribution in [0.2, 0.25) is 50.4 Å². The van der Waals surface area contributed by atoms with Crippen molar-refractivity contribution in [3.05, 3.63) is 0 Å². The predicted molar refractivity (Wildman–Crippen MR) is 84.8 cm³/mol. The Labute approximate surface area is 112 Å². The van der Waals surface area contributed by atoms with E-state index in [-0.39, 0.29) is 0 Å². The van der Waals surface area contributed by atoms with Crippen LogP contribution in [0.5, 0.6) is 0 Å². The third kappa shape index (κ3) is 5.83. The second-order valence-electron chi connectivity index (χ2n) is 7.12. The summed E-state index contributed by atoms with van der Waals surface area (Å²) < 4.78 is 12.9. The normalized spacial score (nSPS) is 14.8. The van der Waals surface area contributed by atoms with Crippen molar-refractivity contribution >= 4 is 25.2 Å². The van der Waals surface area contributed by atoms with Gasteiger partial charge in [-0.25, -0.2) is 0 Å². The molecule has 0 aromatic rings. The fourth-order valence-electron chi connectivity index (χ4n) is 1.52. The molecule has 0 saturated carbocycles. The molecule has 17 heavy (non-hydrogen) atoms. The van der Waals surface area contributed by atoms with Gasteiger partial charge in [-0.1, -0.05) is 27.7 Å². The molecule has 0 N–H and O–H groups in total. The molecule has 0 aliphatic carbocycles. The molecule has 0 saturated heterocycles. The predicted octanol–water partition coefficient (Wildman–Crippen LogP) is 4.95. The lowest BCUT2D eigenvalue weighted by Gasteiger charge is -2.41. The van der Waals surface area contributed by atoms with Crippen molar-refractivity contribution in [2.75, 3.05) is 0 Å². The first-order valence-electron chi connectivity index (χ1n) is 6.70. The Bertz CT molecular complexity index is 224. The Morgan fingerprint density at radius 3 is 1.00 bits per heavy atom. The van der Waals surface area contributed by atoms with Crippen LogP contribution in [-0.2, 0) is 8.23 Å². The van der Waals surface area contributed by atoms with Gasteiger partial charge in [-0.3, -0.25) is 0 Å². The van der Waals surface area contributed by atoms with E-state index in [1.807, 2.05) is 0 Å². The molecule has 5 heteroatoms. The van der Waals surface area contributed by atoms with Gasteiger partial charge in [-0.2, -0.15) is 0 Å². The summed E-state index contributed by atoms with van der Waals surface area (Å²) in [5.41, 5.74) is 1.28. The first-order chi connectivity index (χ1) is 7.30. The van der Waals surface area contributed by atoms with Gasteiger partial charge in [0.05, 0.1) is 0 Å². The van der Waals surface area contributed by atoms with E-state index in [1.54, 1.807) is 0 Å². The molecule has 0 aliphatic rings. The maximum atomic E-state index is 6.46. The molecule has 0 atom stereocenters. The summed E-state index contributed by atoms with van der Waals surface area (Å²) in [4.78, 5) is 0. The zero-order valence-corrected chi connectivity index (χ0v) is 16.5. The molecular formula is C12H32O2Si3. The van der Waals surface area contributed by atoms with E-state index < -0.39 is 25.2 Å². The van der Waals surface area contributed by atoms with Gasteiger partial charge in [0.2, 0.25) is 0 Å². The summed E-state index contributed by atoms with van der Waals surface area (Å²) in [5.74, 6) is 0. The fourth-order valence-corrected chi connectivity index (χ4v) is 14.1. The molecule has 0 fully saturated rings. The Morgan fingerprint density at radius 1 is 0.588 bits per heavy atom. The molecule has 0 aromatic carbocycles. The van der Waals surface area contributed by atoms with Crippen LogP contribution in [-0.4, -0.2) is 25.2 Å². The molecule has 2 nitrogen and oxygen atoms in total. The van der Waals surface area contributed by atoms with Crippen LogP contribution < -0.4 is 0 Å². The summed E-state index contributed by atoms with van der Waals surface area (Å²) >= 11 is 0. The molecule has 0 radical (unpaired) electrons. The van der Waals surface area contributed by atoms with Crippen LogP contribution in [0, 0.1) is 0 Å². The van der Waals surface area contributed by atoms with Gasteiger partial charge >= 0.3 is 8.56 Å². The maximum Gasteiger partial charge on any atom is 0.311 e. The van der Waals surface area contributed by atoms with E-state index in [2.05, 4.69) is 67.0 Å². The first-order valence-corrected chi connectivity index (χ1v) is 15.5. The molecule has 0 bridgehead atoms. The smallest absolute Gasteiger partial charge is 0.311 e. The quantitative estimate of drug-likeness (QED) is 0.645. The van der Waals surface area contributed by atoms with Crippen molar-refractivity contribution in [3.63, 3.8) is 0 Å². The topological polar surface area (TPSA) is 18.5 Å². The van der Waals surface area contributed by atoms with Crippen molar-refractivity contribution in [1.29, 1.82) is 0 Å². The van der Waals surface area contributed by atoms with E-state index >= 15 is 0 Å². The van der Waals surface area contributed by atoms with Crippen molar-refractivity contribution in [2.45, 2.75) is 78.1 Å². The molecule has 104 valence electrons. The van der Waals surface area contributed by atoms with E-state index in [1.165, 1.54) is 0 Å².